The van der Waals surface area contributed by atoms with E-state index < -0.39 is 23.3 Å². The van der Waals surface area contributed by atoms with Crippen LogP contribution in [0.4, 0.5) is 20.2 Å². The zero-order valence-corrected chi connectivity index (χ0v) is 18.6. The summed E-state index contributed by atoms with van der Waals surface area (Å²) in [5.41, 5.74) is 1.28. The van der Waals surface area contributed by atoms with Crippen LogP contribution in [-0.4, -0.2) is 29.8 Å². The van der Waals surface area contributed by atoms with Crippen LogP contribution in [0, 0.1) is 17.6 Å². The first-order valence-electron chi connectivity index (χ1n) is 10.3. The Kier molecular flexibility index (Phi) is 6.60. The fourth-order valence-electron chi connectivity index (χ4n) is 3.95. The maximum atomic E-state index is 13.5. The van der Waals surface area contributed by atoms with Crippen molar-refractivity contribution < 1.29 is 18.4 Å². The van der Waals surface area contributed by atoms with E-state index in [9.17, 15) is 18.4 Å². The van der Waals surface area contributed by atoms with Gasteiger partial charge in [0.2, 0.25) is 5.91 Å². The SMILES string of the molecule is CS/N=C/CCC1(Nc2ccc(F)cc2)C=C2C(=O)NC(=O)C2C=C1Nc1ccc(F)cc1. The molecule has 1 heterocycles. The van der Waals surface area contributed by atoms with Gasteiger partial charge in [0.15, 0.2) is 0 Å². The number of anilines is 2. The Bertz CT molecular complexity index is 1150. The third-order valence-corrected chi connectivity index (χ3v) is 5.87. The number of hydrogen-bond acceptors (Lipinski definition) is 6. The second kappa shape index (κ2) is 9.58. The molecule has 2 aliphatic rings. The summed E-state index contributed by atoms with van der Waals surface area (Å²) in [6, 6.07) is 11.7. The van der Waals surface area contributed by atoms with Gasteiger partial charge in [-0.25, -0.2) is 13.2 Å². The largest absolute Gasteiger partial charge is 0.371 e. The second-order valence-corrected chi connectivity index (χ2v) is 8.30. The van der Waals surface area contributed by atoms with Crippen molar-refractivity contribution in [2.45, 2.75) is 18.4 Å². The van der Waals surface area contributed by atoms with Gasteiger partial charge < -0.3 is 10.6 Å². The first-order chi connectivity index (χ1) is 15.9. The Morgan fingerprint density at radius 1 is 1.06 bits per heavy atom. The minimum absolute atomic E-state index is 0.348. The number of carbonyl (C=O) groups is 2. The number of imide groups is 1. The monoisotopic (exact) mass is 468 g/mol. The van der Waals surface area contributed by atoms with Gasteiger partial charge >= 0.3 is 0 Å². The van der Waals surface area contributed by atoms with Crippen molar-refractivity contribution in [2.24, 2.45) is 10.3 Å². The molecule has 2 amide bonds. The number of benzene rings is 2. The summed E-state index contributed by atoms with van der Waals surface area (Å²) in [7, 11) is 0. The third-order valence-electron chi connectivity index (χ3n) is 5.51. The lowest BCUT2D eigenvalue weighted by atomic mass is 9.78. The summed E-state index contributed by atoms with van der Waals surface area (Å²) < 4.78 is 31.2. The van der Waals surface area contributed by atoms with Crippen LogP contribution < -0.4 is 16.0 Å². The summed E-state index contributed by atoms with van der Waals surface area (Å²) >= 11 is 1.33. The van der Waals surface area contributed by atoms with Gasteiger partial charge in [0.1, 0.15) is 11.6 Å². The molecule has 6 nitrogen and oxygen atoms in total. The molecule has 170 valence electrons. The highest BCUT2D eigenvalue weighted by Crippen LogP contribution is 2.39. The molecule has 0 spiro atoms. The highest BCUT2D eigenvalue weighted by atomic mass is 32.2. The molecular formula is C24H22F2N4O2S. The van der Waals surface area contributed by atoms with E-state index in [1.807, 2.05) is 6.26 Å². The lowest BCUT2D eigenvalue weighted by Crippen LogP contribution is -2.44. The summed E-state index contributed by atoms with van der Waals surface area (Å²) in [5.74, 6) is -2.31. The van der Waals surface area contributed by atoms with E-state index in [0.717, 1.165) is 0 Å². The van der Waals surface area contributed by atoms with Gasteiger partial charge in [-0.1, -0.05) is 0 Å². The van der Waals surface area contributed by atoms with Crippen LogP contribution >= 0.6 is 11.9 Å². The molecule has 4 rings (SSSR count). The maximum Gasteiger partial charge on any atom is 0.254 e. The predicted molar refractivity (Wildman–Crippen MR) is 127 cm³/mol. The number of nitrogens with zero attached hydrogens (tertiary/aromatic N) is 1. The highest BCUT2D eigenvalue weighted by Gasteiger charge is 2.45. The standard InChI is InChI=1S/C24H22F2N4O2S/c1-33-27-12-2-11-24(30-18-9-5-16(26)6-10-18)14-20-19(22(31)29-23(20)32)13-21(24)28-17-7-3-15(25)4-8-17/h3-10,12-14,19,28,30H,2,11H2,1H3,(H,29,31,32)/b27-12+. The summed E-state index contributed by atoms with van der Waals surface area (Å²) in [6.45, 7) is 0. The van der Waals surface area contributed by atoms with E-state index in [4.69, 9.17) is 0 Å². The second-order valence-electron chi connectivity index (χ2n) is 7.72. The van der Waals surface area contributed by atoms with Gasteiger partial charge in [-0.15, -0.1) is 0 Å². The molecule has 1 fully saturated rings. The van der Waals surface area contributed by atoms with Crippen LogP contribution in [0.5, 0.6) is 0 Å². The molecule has 2 atom stereocenters. The van der Waals surface area contributed by atoms with Crippen molar-refractivity contribution in [3.63, 3.8) is 0 Å². The Labute approximate surface area is 194 Å². The van der Waals surface area contributed by atoms with Crippen LogP contribution in [0.1, 0.15) is 12.8 Å². The molecular weight excluding hydrogens is 446 g/mol. The highest BCUT2D eigenvalue weighted by molar-refractivity contribution is 7.97. The molecule has 33 heavy (non-hydrogen) atoms. The molecule has 0 aromatic heterocycles. The van der Waals surface area contributed by atoms with Crippen LogP contribution in [0.15, 0.2) is 76.4 Å². The number of hydrogen-bond donors (Lipinski definition) is 3. The predicted octanol–water partition coefficient (Wildman–Crippen LogP) is 4.45. The van der Waals surface area contributed by atoms with E-state index >= 15 is 0 Å². The number of fused-ring (bicyclic) bond motifs is 1. The fraction of sp³-hybridized carbons (Fsp3) is 0.208. The minimum atomic E-state index is -0.940. The number of carbonyl (C=O) groups excluding carboxylic acids is 2. The molecule has 1 saturated heterocycles. The zero-order chi connectivity index (χ0) is 23.4. The number of rotatable bonds is 8. The maximum absolute atomic E-state index is 13.5. The normalized spacial score (nSPS) is 22.0. The van der Waals surface area contributed by atoms with Crippen molar-refractivity contribution in [1.82, 2.24) is 5.32 Å². The first-order valence-corrected chi connectivity index (χ1v) is 11.5. The van der Waals surface area contributed by atoms with E-state index in [2.05, 4.69) is 20.3 Å². The van der Waals surface area contributed by atoms with Crippen molar-refractivity contribution >= 4 is 41.4 Å². The number of halogens is 2. The van der Waals surface area contributed by atoms with Crippen LogP contribution in [0.25, 0.3) is 0 Å². The van der Waals surface area contributed by atoms with E-state index in [1.165, 1.54) is 36.2 Å². The summed E-state index contributed by atoms with van der Waals surface area (Å²) in [4.78, 5) is 24.9. The van der Waals surface area contributed by atoms with Gasteiger partial charge in [-0.2, -0.15) is 0 Å². The molecule has 2 unspecified atom stereocenters. The molecule has 9 heteroatoms. The van der Waals surface area contributed by atoms with Crippen molar-refractivity contribution in [2.75, 3.05) is 16.9 Å². The average molecular weight is 469 g/mol. The minimum Gasteiger partial charge on any atom is -0.371 e. The quantitative estimate of drug-likeness (QED) is 0.303. The lowest BCUT2D eigenvalue weighted by Gasteiger charge is -2.39. The van der Waals surface area contributed by atoms with Gasteiger partial charge in [-0.05, 0) is 85.5 Å². The number of nitrogens with one attached hydrogen (secondary N) is 3. The van der Waals surface area contributed by atoms with Crippen molar-refractivity contribution in [3.05, 3.63) is 83.6 Å². The summed E-state index contributed by atoms with van der Waals surface area (Å²) in [5, 5.41) is 9.07. The Morgan fingerprint density at radius 2 is 1.70 bits per heavy atom. The van der Waals surface area contributed by atoms with Gasteiger partial charge in [0, 0.05) is 35.1 Å². The molecule has 1 aliphatic heterocycles. The molecule has 0 bridgehead atoms. The molecule has 2 aromatic rings. The van der Waals surface area contributed by atoms with Crippen molar-refractivity contribution in [1.29, 1.82) is 0 Å². The van der Waals surface area contributed by atoms with Gasteiger partial charge in [0.05, 0.1) is 11.5 Å². The molecule has 3 N–H and O–H groups in total. The van der Waals surface area contributed by atoms with Crippen LogP contribution in [0.3, 0.4) is 0 Å². The average Bonchev–Trinajstić information content (AvgIpc) is 3.07. The Balaban J connectivity index is 1.78. The van der Waals surface area contributed by atoms with Crippen LogP contribution in [-0.2, 0) is 9.59 Å². The molecule has 1 aliphatic carbocycles. The Hall–Kier alpha value is -3.46. The number of amides is 2. The van der Waals surface area contributed by atoms with Gasteiger partial charge in [-0.3, -0.25) is 14.9 Å². The van der Waals surface area contributed by atoms with E-state index in [0.29, 0.717) is 35.5 Å². The smallest absolute Gasteiger partial charge is 0.254 e. The molecule has 2 aromatic carbocycles. The Morgan fingerprint density at radius 3 is 2.33 bits per heavy atom. The zero-order valence-electron chi connectivity index (χ0n) is 17.8. The van der Waals surface area contributed by atoms with E-state index in [-0.39, 0.29) is 11.6 Å². The van der Waals surface area contributed by atoms with Crippen molar-refractivity contribution in [3.8, 4) is 0 Å². The van der Waals surface area contributed by atoms with E-state index in [1.54, 1.807) is 42.6 Å². The topological polar surface area (TPSA) is 82.6 Å². The lowest BCUT2D eigenvalue weighted by molar-refractivity contribution is -0.125. The summed E-state index contributed by atoms with van der Waals surface area (Å²) in [6.07, 6.45) is 8.12. The molecule has 0 saturated carbocycles. The fourth-order valence-corrected chi connectivity index (χ4v) is 4.20. The first kappa shape index (κ1) is 22.7. The molecule has 0 radical (unpaired) electrons. The third kappa shape index (κ3) is 4.98. The van der Waals surface area contributed by atoms with Crippen LogP contribution in [0.2, 0.25) is 0 Å². The van der Waals surface area contributed by atoms with Gasteiger partial charge in [0.25, 0.3) is 5.91 Å².